The molecule has 2 unspecified atom stereocenters. The number of halogens is 1. The van der Waals surface area contributed by atoms with Crippen molar-refractivity contribution in [2.24, 2.45) is 0 Å². The summed E-state index contributed by atoms with van der Waals surface area (Å²) in [6, 6.07) is 7.62. The van der Waals surface area contributed by atoms with Crippen LogP contribution < -0.4 is 5.32 Å². The number of allylic oxidation sites excluding steroid dienone is 2. The fourth-order valence-electron chi connectivity index (χ4n) is 4.07. The van der Waals surface area contributed by atoms with E-state index >= 15 is 0 Å². The van der Waals surface area contributed by atoms with Crippen LogP contribution in [0.15, 0.2) is 44.1 Å². The first-order valence-corrected chi connectivity index (χ1v) is 14.4. The van der Waals surface area contributed by atoms with Gasteiger partial charge in [-0.05, 0) is 0 Å². The average Bonchev–Trinajstić information content (AvgIpc) is 3.12. The molecule has 25 heavy (non-hydrogen) atoms. The van der Waals surface area contributed by atoms with Crippen molar-refractivity contribution in [3.8, 4) is 0 Å². The Morgan fingerprint density at radius 2 is 1.80 bits per heavy atom. The van der Waals surface area contributed by atoms with Crippen LogP contribution in [0.3, 0.4) is 0 Å². The summed E-state index contributed by atoms with van der Waals surface area (Å²) in [5.41, 5.74) is 1.12. The van der Waals surface area contributed by atoms with Gasteiger partial charge in [0.05, 0.1) is 0 Å². The zero-order chi connectivity index (χ0) is 17.2. The van der Waals surface area contributed by atoms with Crippen LogP contribution in [-0.2, 0) is 11.3 Å². The maximum atomic E-state index is 13.1. The van der Waals surface area contributed by atoms with Gasteiger partial charge >= 0.3 is 155 Å². The molecule has 3 aliphatic rings. The van der Waals surface area contributed by atoms with E-state index in [9.17, 15) is 9.18 Å². The van der Waals surface area contributed by atoms with E-state index in [1.54, 1.807) is 0 Å². The average molecular weight is 444 g/mol. The minimum absolute atomic E-state index is 0.199. The van der Waals surface area contributed by atoms with Gasteiger partial charge in [-0.25, -0.2) is 0 Å². The molecule has 0 aliphatic carbocycles. The number of morpholine rings is 1. The second-order valence-corrected chi connectivity index (χ2v) is 13.8. The Morgan fingerprint density at radius 1 is 1.16 bits per heavy atom. The van der Waals surface area contributed by atoms with E-state index < -0.39 is 21.4 Å². The molecular formula is C19H22FInN2O2. The molecule has 2 fully saturated rings. The van der Waals surface area contributed by atoms with E-state index in [1.165, 1.54) is 12.1 Å². The Hall–Kier alpha value is -1.11. The number of piperidine rings is 1. The summed E-state index contributed by atoms with van der Waals surface area (Å²) in [6.07, 6.45) is 5.87. The summed E-state index contributed by atoms with van der Waals surface area (Å²) in [7, 11) is 0. The topological polar surface area (TPSA) is 41.6 Å². The minimum atomic E-state index is -2.27. The van der Waals surface area contributed by atoms with Gasteiger partial charge in [-0.1, -0.05) is 0 Å². The summed E-state index contributed by atoms with van der Waals surface area (Å²) >= 11 is -2.27. The molecule has 0 saturated carbocycles. The molecular weight excluding hydrogens is 422 g/mol. The van der Waals surface area contributed by atoms with Crippen LogP contribution in [0.4, 0.5) is 9.18 Å². The first kappa shape index (κ1) is 17.3. The number of hydrogen-bond acceptors (Lipinski definition) is 3. The van der Waals surface area contributed by atoms with Gasteiger partial charge < -0.3 is 0 Å². The fraction of sp³-hybridized carbons (Fsp3) is 0.421. The Morgan fingerprint density at radius 3 is 2.44 bits per heavy atom. The van der Waals surface area contributed by atoms with Crippen molar-refractivity contribution < 1.29 is 13.9 Å². The Balaban J connectivity index is 1.40. The van der Waals surface area contributed by atoms with Crippen LogP contribution in [0.1, 0.15) is 18.4 Å². The van der Waals surface area contributed by atoms with E-state index in [-0.39, 0.29) is 11.9 Å². The molecule has 0 spiro atoms. The van der Waals surface area contributed by atoms with Crippen LogP contribution in [0.25, 0.3) is 0 Å². The van der Waals surface area contributed by atoms with Crippen LogP contribution in [-0.4, -0.2) is 61.3 Å². The van der Waals surface area contributed by atoms with Crippen LogP contribution >= 0.6 is 0 Å². The van der Waals surface area contributed by atoms with Gasteiger partial charge in [0.15, 0.2) is 0 Å². The number of rotatable bonds is 4. The van der Waals surface area contributed by atoms with E-state index in [1.807, 2.05) is 24.3 Å². The summed E-state index contributed by atoms with van der Waals surface area (Å²) in [5, 5.41) is 3.30. The number of nitrogens with zero attached hydrogens (tertiary/aromatic N) is 1. The maximum absolute atomic E-state index is 13.1. The molecule has 2 bridgehead atoms. The number of benzene rings is 1. The number of carbonyl (C=O) groups is 1. The van der Waals surface area contributed by atoms with Gasteiger partial charge in [0.25, 0.3) is 0 Å². The zero-order valence-electron chi connectivity index (χ0n) is 14.1. The van der Waals surface area contributed by atoms with E-state index in [0.29, 0.717) is 29.0 Å². The summed E-state index contributed by atoms with van der Waals surface area (Å²) in [6.45, 7) is 2.22. The van der Waals surface area contributed by atoms with Crippen molar-refractivity contribution in [3.05, 3.63) is 55.5 Å². The molecule has 0 aromatic heterocycles. The number of ether oxygens (including phenoxy) is 1. The standard InChI is InChI=1S/C15H18FN2O2.C4H4.In/c16-12-3-1-11(2-4-12)7-18-14-5-13(17-10-19)6-15(18)9-20-8-14;1-3-4-2;/h1-4,13-15H,5-9H2,(H,17,19);1-4H;. The Bertz CT molecular complexity index is 665. The number of fused-ring (bicyclic) bond motifs is 2. The number of carbonyl (C=O) groups excluding carboxylic acids is 1. The second-order valence-electron chi connectivity index (χ2n) is 7.12. The summed E-state index contributed by atoms with van der Waals surface area (Å²) in [5.74, 6) is -0.199. The predicted octanol–water partition coefficient (Wildman–Crippen LogP) is 2.55. The van der Waals surface area contributed by atoms with Crippen molar-refractivity contribution >= 4 is 25.1 Å². The summed E-state index contributed by atoms with van der Waals surface area (Å²) in [4.78, 5) is 14.9. The number of hydrogen-bond donors (Lipinski definition) is 1. The normalized spacial score (nSPS) is 28.4. The van der Waals surface area contributed by atoms with Gasteiger partial charge in [0, 0.05) is 0 Å². The molecule has 130 valence electrons. The van der Waals surface area contributed by atoms with Crippen LogP contribution in [0.2, 0.25) is 0 Å². The third kappa shape index (κ3) is 4.01. The van der Waals surface area contributed by atoms with Crippen molar-refractivity contribution in [2.45, 2.75) is 37.5 Å². The Kier molecular flexibility index (Phi) is 5.29. The van der Waals surface area contributed by atoms with Crippen molar-refractivity contribution in [1.29, 1.82) is 0 Å². The number of nitrogens with one attached hydrogen (secondary N) is 1. The molecule has 0 radical (unpaired) electrons. The van der Waals surface area contributed by atoms with Gasteiger partial charge in [-0.15, -0.1) is 0 Å². The van der Waals surface area contributed by atoms with Gasteiger partial charge in [-0.2, -0.15) is 0 Å². The molecule has 4 rings (SSSR count). The van der Waals surface area contributed by atoms with Gasteiger partial charge in [0.2, 0.25) is 0 Å². The number of amides is 1. The molecule has 6 heteroatoms. The molecule has 1 N–H and O–H groups in total. The fourth-order valence-corrected chi connectivity index (χ4v) is 8.76. The third-order valence-corrected chi connectivity index (χ3v) is 11.2. The van der Waals surface area contributed by atoms with E-state index in [2.05, 4.69) is 17.9 Å². The first-order chi connectivity index (χ1) is 12.2. The predicted molar refractivity (Wildman–Crippen MR) is 95.9 cm³/mol. The third-order valence-electron chi connectivity index (χ3n) is 5.35. The van der Waals surface area contributed by atoms with Crippen molar-refractivity contribution in [1.82, 2.24) is 10.2 Å². The second kappa shape index (κ2) is 7.64. The summed E-state index contributed by atoms with van der Waals surface area (Å²) < 4.78 is 23.4. The van der Waals surface area contributed by atoms with Crippen molar-refractivity contribution in [2.75, 3.05) is 13.2 Å². The molecule has 1 aromatic rings. The Labute approximate surface area is 155 Å². The van der Waals surface area contributed by atoms with Gasteiger partial charge in [0.1, 0.15) is 0 Å². The van der Waals surface area contributed by atoms with Crippen LogP contribution in [0, 0.1) is 5.82 Å². The molecule has 3 aliphatic heterocycles. The first-order valence-electron chi connectivity index (χ1n) is 8.92. The molecule has 3 heterocycles. The van der Waals surface area contributed by atoms with E-state index in [0.717, 1.165) is 24.9 Å². The quantitative estimate of drug-likeness (QED) is 0.777. The monoisotopic (exact) mass is 444 g/mol. The molecule has 4 nitrogen and oxygen atoms in total. The van der Waals surface area contributed by atoms with Crippen LogP contribution in [0.5, 0.6) is 0 Å². The molecule has 1 amide bonds. The molecule has 2 saturated heterocycles. The van der Waals surface area contributed by atoms with Gasteiger partial charge in [-0.3, -0.25) is 0 Å². The molecule has 2 atom stereocenters. The van der Waals surface area contributed by atoms with Crippen molar-refractivity contribution in [3.63, 3.8) is 0 Å². The van der Waals surface area contributed by atoms with E-state index in [4.69, 9.17) is 4.74 Å². The zero-order valence-corrected chi connectivity index (χ0v) is 17.4. The molecule has 1 aromatic carbocycles. The SMILES string of the molecule is O=[C](NC1CC2COCC(C1)N2Cc1ccc(F)cc1)[In]1[CH]=CC=[CH]1.